The smallest absolute Gasteiger partial charge is 0.339 e. The Kier molecular flexibility index (Phi) is 5.12. The second-order valence-corrected chi connectivity index (χ2v) is 8.85. The zero-order valence-corrected chi connectivity index (χ0v) is 18.3. The molecule has 7 heteroatoms. The second kappa shape index (κ2) is 7.97. The molecular weight excluding hydrogens is 408 g/mol. The van der Waals surface area contributed by atoms with Crippen LogP contribution in [0.15, 0.2) is 50.4 Å². The normalized spacial score (nSPS) is 19.6. The molecule has 1 aromatic carbocycles. The van der Waals surface area contributed by atoms with Crippen LogP contribution in [0, 0.1) is 12.8 Å². The number of aryl methyl sites for hydroxylation is 1. The standard InChI is InChI=1S/C25H26N2O5/c1-15-19-7-6-18(31-2)11-22(19)32-25(30)20(15)8-9-23(28)26-12-16-10-17(14-26)21-4-3-5-24(29)27(21)13-16/h3-7,11,16-17H,8-10,12-14H2,1-2H3/t16-,17?/m1/s1. The number of carbonyl (C=O) groups excluding carboxylic acids is 1. The third kappa shape index (κ3) is 3.51. The van der Waals surface area contributed by atoms with E-state index in [0.29, 0.717) is 43.0 Å². The maximum absolute atomic E-state index is 13.1. The minimum Gasteiger partial charge on any atom is -0.497 e. The maximum Gasteiger partial charge on any atom is 0.339 e. The molecule has 0 saturated carbocycles. The molecule has 2 aliphatic heterocycles. The largest absolute Gasteiger partial charge is 0.497 e. The highest BCUT2D eigenvalue weighted by Gasteiger charge is 2.36. The van der Waals surface area contributed by atoms with Gasteiger partial charge in [-0.15, -0.1) is 0 Å². The first kappa shape index (κ1) is 20.5. The summed E-state index contributed by atoms with van der Waals surface area (Å²) in [6.45, 7) is 3.82. The van der Waals surface area contributed by atoms with Gasteiger partial charge < -0.3 is 18.6 Å². The summed E-state index contributed by atoms with van der Waals surface area (Å²) in [5.74, 6) is 1.14. The van der Waals surface area contributed by atoms with E-state index in [0.717, 1.165) is 23.1 Å². The number of benzene rings is 1. The SMILES string of the molecule is COc1ccc2c(C)c(CCC(=O)N3CC4C[C@H](C3)Cn3c4cccc3=O)c(=O)oc2c1. The molecule has 2 atom stereocenters. The van der Waals surface area contributed by atoms with Crippen molar-refractivity contribution in [2.75, 3.05) is 20.2 Å². The number of methoxy groups -OCH3 is 1. The van der Waals surface area contributed by atoms with Crippen LogP contribution >= 0.6 is 0 Å². The lowest BCUT2D eigenvalue weighted by atomic mass is 9.83. The van der Waals surface area contributed by atoms with Gasteiger partial charge in [0, 0.05) is 60.7 Å². The lowest BCUT2D eigenvalue weighted by Crippen LogP contribution is -2.49. The van der Waals surface area contributed by atoms with Crippen LogP contribution in [0.5, 0.6) is 5.75 Å². The van der Waals surface area contributed by atoms with E-state index in [1.165, 1.54) is 0 Å². The quantitative estimate of drug-likeness (QED) is 0.590. The molecule has 0 aliphatic carbocycles. The third-order valence-corrected chi connectivity index (χ3v) is 6.92. The predicted molar refractivity (Wildman–Crippen MR) is 120 cm³/mol. The van der Waals surface area contributed by atoms with Crippen LogP contribution < -0.4 is 15.9 Å². The summed E-state index contributed by atoms with van der Waals surface area (Å²) < 4.78 is 12.6. The molecule has 1 amide bonds. The number of hydrogen-bond donors (Lipinski definition) is 0. The predicted octanol–water partition coefficient (Wildman–Crippen LogP) is 2.85. The summed E-state index contributed by atoms with van der Waals surface area (Å²) >= 11 is 0. The zero-order valence-electron chi connectivity index (χ0n) is 18.3. The number of nitrogens with zero attached hydrogens (tertiary/aromatic N) is 2. The van der Waals surface area contributed by atoms with Crippen LogP contribution in [0.4, 0.5) is 0 Å². The number of fused-ring (bicyclic) bond motifs is 5. The van der Waals surface area contributed by atoms with Crippen molar-refractivity contribution >= 4 is 16.9 Å². The van der Waals surface area contributed by atoms with Gasteiger partial charge in [0.25, 0.3) is 5.56 Å². The van der Waals surface area contributed by atoms with Gasteiger partial charge in [0.15, 0.2) is 0 Å². The minimum atomic E-state index is -0.403. The zero-order chi connectivity index (χ0) is 22.4. The first-order valence-electron chi connectivity index (χ1n) is 11.0. The number of likely N-dealkylation sites (tertiary alicyclic amines) is 1. The summed E-state index contributed by atoms with van der Waals surface area (Å²) in [4.78, 5) is 39.8. The Morgan fingerprint density at radius 2 is 2.00 bits per heavy atom. The monoisotopic (exact) mass is 434 g/mol. The highest BCUT2D eigenvalue weighted by atomic mass is 16.5. The Hall–Kier alpha value is -3.35. The first-order chi connectivity index (χ1) is 15.4. The van der Waals surface area contributed by atoms with Gasteiger partial charge in [0.2, 0.25) is 5.91 Å². The molecule has 1 unspecified atom stereocenters. The van der Waals surface area contributed by atoms with Gasteiger partial charge in [-0.1, -0.05) is 6.07 Å². The summed E-state index contributed by atoms with van der Waals surface area (Å²) in [7, 11) is 1.57. The van der Waals surface area contributed by atoms with Crippen molar-refractivity contribution in [3.8, 4) is 5.75 Å². The fourth-order valence-electron chi connectivity index (χ4n) is 5.28. The Labute approximate surface area is 185 Å². The van der Waals surface area contributed by atoms with Crippen LogP contribution in [-0.2, 0) is 17.8 Å². The van der Waals surface area contributed by atoms with Crippen molar-refractivity contribution in [2.45, 2.75) is 38.6 Å². The molecule has 166 valence electrons. The van der Waals surface area contributed by atoms with Gasteiger partial charge in [-0.25, -0.2) is 4.79 Å². The van der Waals surface area contributed by atoms with E-state index >= 15 is 0 Å². The molecular formula is C25H26N2O5. The van der Waals surface area contributed by atoms with Crippen molar-refractivity contribution < 1.29 is 13.9 Å². The van der Waals surface area contributed by atoms with E-state index in [4.69, 9.17) is 9.15 Å². The van der Waals surface area contributed by atoms with Crippen LogP contribution in [-0.4, -0.2) is 35.6 Å². The molecule has 3 aromatic rings. The summed E-state index contributed by atoms with van der Waals surface area (Å²) in [6.07, 6.45) is 1.61. The maximum atomic E-state index is 13.1. The molecule has 4 heterocycles. The van der Waals surface area contributed by atoms with Crippen molar-refractivity contribution in [2.24, 2.45) is 5.92 Å². The topological polar surface area (TPSA) is 81.8 Å². The van der Waals surface area contributed by atoms with Crippen molar-refractivity contribution in [3.05, 3.63) is 74.0 Å². The lowest BCUT2D eigenvalue weighted by molar-refractivity contribution is -0.133. The van der Waals surface area contributed by atoms with E-state index in [9.17, 15) is 14.4 Å². The number of rotatable bonds is 4. The van der Waals surface area contributed by atoms with Crippen molar-refractivity contribution in [1.29, 1.82) is 0 Å². The van der Waals surface area contributed by atoms with Crippen LogP contribution in [0.1, 0.15) is 35.6 Å². The highest BCUT2D eigenvalue weighted by molar-refractivity contribution is 5.83. The third-order valence-electron chi connectivity index (χ3n) is 6.92. The fourth-order valence-corrected chi connectivity index (χ4v) is 5.28. The molecule has 5 rings (SSSR count). The van der Waals surface area contributed by atoms with Gasteiger partial charge in [-0.3, -0.25) is 9.59 Å². The number of pyridine rings is 1. The molecule has 1 saturated heterocycles. The summed E-state index contributed by atoms with van der Waals surface area (Å²) in [5.41, 5.74) is 2.53. The summed E-state index contributed by atoms with van der Waals surface area (Å²) in [6, 6.07) is 10.8. The van der Waals surface area contributed by atoms with E-state index in [1.807, 2.05) is 34.6 Å². The van der Waals surface area contributed by atoms with E-state index in [2.05, 4.69) is 0 Å². The molecule has 32 heavy (non-hydrogen) atoms. The van der Waals surface area contributed by atoms with Crippen LogP contribution in [0.2, 0.25) is 0 Å². The number of hydrogen-bond acceptors (Lipinski definition) is 5. The highest BCUT2D eigenvalue weighted by Crippen LogP contribution is 2.35. The lowest BCUT2D eigenvalue weighted by Gasteiger charge is -2.42. The van der Waals surface area contributed by atoms with Crippen LogP contribution in [0.25, 0.3) is 11.0 Å². The summed E-state index contributed by atoms with van der Waals surface area (Å²) in [5, 5.41) is 0.849. The second-order valence-electron chi connectivity index (χ2n) is 8.85. The molecule has 0 radical (unpaired) electrons. The van der Waals surface area contributed by atoms with E-state index in [-0.39, 0.29) is 29.7 Å². The molecule has 7 nitrogen and oxygen atoms in total. The number of ether oxygens (including phenoxy) is 1. The minimum absolute atomic E-state index is 0.0353. The van der Waals surface area contributed by atoms with Gasteiger partial charge in [0.05, 0.1) is 7.11 Å². The molecule has 2 aromatic heterocycles. The Morgan fingerprint density at radius 3 is 2.81 bits per heavy atom. The van der Waals surface area contributed by atoms with Gasteiger partial charge in [0.1, 0.15) is 11.3 Å². The number of carbonyl (C=O) groups is 1. The average Bonchev–Trinajstić information content (AvgIpc) is 2.79. The van der Waals surface area contributed by atoms with Crippen molar-refractivity contribution in [1.82, 2.24) is 9.47 Å². The molecule has 0 spiro atoms. The Balaban J connectivity index is 1.33. The Bertz CT molecular complexity index is 1320. The molecule has 1 fully saturated rings. The molecule has 2 bridgehead atoms. The number of aromatic nitrogens is 1. The van der Waals surface area contributed by atoms with Gasteiger partial charge in [-0.05, 0) is 49.4 Å². The Morgan fingerprint density at radius 1 is 1.16 bits per heavy atom. The van der Waals surface area contributed by atoms with Crippen LogP contribution in [0.3, 0.4) is 0 Å². The van der Waals surface area contributed by atoms with E-state index in [1.54, 1.807) is 25.3 Å². The fraction of sp³-hybridized carbons (Fsp3) is 0.400. The first-order valence-corrected chi connectivity index (χ1v) is 11.0. The molecule has 2 aliphatic rings. The molecule has 0 N–H and O–H groups in total. The van der Waals surface area contributed by atoms with Gasteiger partial charge >= 0.3 is 5.63 Å². The number of amides is 1. The average molecular weight is 434 g/mol. The number of piperidine rings is 1. The van der Waals surface area contributed by atoms with Gasteiger partial charge in [-0.2, -0.15) is 0 Å². The van der Waals surface area contributed by atoms with E-state index < -0.39 is 5.63 Å². The van der Waals surface area contributed by atoms with Crippen molar-refractivity contribution in [3.63, 3.8) is 0 Å².